The van der Waals surface area contributed by atoms with E-state index in [2.05, 4.69) is 0 Å². The van der Waals surface area contributed by atoms with E-state index in [9.17, 15) is 9.18 Å². The van der Waals surface area contributed by atoms with Crippen molar-refractivity contribution in [3.8, 4) is 0 Å². The largest absolute Gasteiger partial charge is 0.457 e. The van der Waals surface area contributed by atoms with E-state index in [4.69, 9.17) is 4.42 Å². The van der Waals surface area contributed by atoms with Crippen LogP contribution in [0, 0.1) is 5.82 Å². The molecule has 0 saturated heterocycles. The number of Topliss-reactive ketones (excluding diaryl/α,β-unsaturated/α-hetero) is 1. The topological polar surface area (TPSA) is 30.2 Å². The third-order valence-corrected chi connectivity index (χ3v) is 3.63. The highest BCUT2D eigenvalue weighted by Gasteiger charge is 2.38. The third kappa shape index (κ3) is 1.57. The van der Waals surface area contributed by atoms with Crippen molar-refractivity contribution in [2.45, 2.75) is 31.6 Å². The van der Waals surface area contributed by atoms with Gasteiger partial charge in [-0.2, -0.15) is 0 Å². The minimum Gasteiger partial charge on any atom is -0.457 e. The van der Waals surface area contributed by atoms with Gasteiger partial charge < -0.3 is 4.42 Å². The Kier molecular flexibility index (Phi) is 2.12. The maximum atomic E-state index is 13.5. The number of para-hydroxylation sites is 1. The SMILES string of the molecule is CC1(c2cc3cccc(F)c3o2)CCC(=O)C1. The third-order valence-electron chi connectivity index (χ3n) is 3.63. The van der Waals surface area contributed by atoms with Gasteiger partial charge >= 0.3 is 0 Å². The lowest BCUT2D eigenvalue weighted by Gasteiger charge is -2.18. The number of benzene rings is 1. The second-order valence-corrected chi connectivity index (χ2v) is 5.04. The van der Waals surface area contributed by atoms with Gasteiger partial charge in [0.1, 0.15) is 11.5 Å². The quantitative estimate of drug-likeness (QED) is 0.752. The van der Waals surface area contributed by atoms with E-state index in [-0.39, 0.29) is 17.0 Å². The summed E-state index contributed by atoms with van der Waals surface area (Å²) in [5, 5.41) is 0.764. The normalized spacial score (nSPS) is 24.7. The Bertz CT molecular complexity index is 599. The van der Waals surface area contributed by atoms with Crippen LogP contribution in [0.4, 0.5) is 4.39 Å². The lowest BCUT2D eigenvalue weighted by molar-refractivity contribution is -0.117. The molecule has 0 amide bonds. The van der Waals surface area contributed by atoms with E-state index >= 15 is 0 Å². The van der Waals surface area contributed by atoms with Gasteiger partial charge in [-0.15, -0.1) is 0 Å². The highest BCUT2D eigenvalue weighted by Crippen LogP contribution is 2.41. The van der Waals surface area contributed by atoms with Crippen LogP contribution in [0.5, 0.6) is 0 Å². The first-order valence-corrected chi connectivity index (χ1v) is 5.79. The Morgan fingerprint density at radius 2 is 2.24 bits per heavy atom. The predicted octanol–water partition coefficient (Wildman–Crippen LogP) is 3.58. The van der Waals surface area contributed by atoms with E-state index in [0.717, 1.165) is 17.6 Å². The molecular weight excluding hydrogens is 219 g/mol. The number of hydrogen-bond donors (Lipinski definition) is 0. The van der Waals surface area contributed by atoms with Crippen molar-refractivity contribution in [2.24, 2.45) is 0 Å². The van der Waals surface area contributed by atoms with E-state index in [1.807, 2.05) is 19.1 Å². The van der Waals surface area contributed by atoms with Crippen LogP contribution in [0.1, 0.15) is 31.9 Å². The fraction of sp³-hybridized carbons (Fsp3) is 0.357. The molecule has 1 saturated carbocycles. The van der Waals surface area contributed by atoms with Crippen LogP contribution in [0.25, 0.3) is 11.0 Å². The second-order valence-electron chi connectivity index (χ2n) is 5.04. The van der Waals surface area contributed by atoms with Gasteiger partial charge in [-0.1, -0.05) is 19.1 Å². The van der Waals surface area contributed by atoms with Crippen molar-refractivity contribution < 1.29 is 13.6 Å². The van der Waals surface area contributed by atoms with Gasteiger partial charge in [0.2, 0.25) is 0 Å². The number of ketones is 1. The molecule has 1 fully saturated rings. The van der Waals surface area contributed by atoms with Gasteiger partial charge in [-0.25, -0.2) is 4.39 Å². The Balaban J connectivity index is 2.13. The number of carbonyl (C=O) groups is 1. The molecular formula is C14H13FO2. The first kappa shape index (κ1) is 10.5. The molecule has 3 rings (SSSR count). The van der Waals surface area contributed by atoms with E-state index < -0.39 is 0 Å². The predicted molar refractivity (Wildman–Crippen MR) is 62.4 cm³/mol. The average molecular weight is 232 g/mol. The molecule has 0 radical (unpaired) electrons. The molecule has 0 N–H and O–H groups in total. The van der Waals surface area contributed by atoms with Gasteiger partial charge in [0.05, 0.1) is 0 Å². The highest BCUT2D eigenvalue weighted by atomic mass is 19.1. The van der Waals surface area contributed by atoms with Gasteiger partial charge in [-0.3, -0.25) is 4.79 Å². The molecule has 1 aromatic heterocycles. The zero-order valence-electron chi connectivity index (χ0n) is 9.63. The van der Waals surface area contributed by atoms with Crippen LogP contribution < -0.4 is 0 Å². The first-order chi connectivity index (χ1) is 8.08. The minimum atomic E-state index is -0.346. The fourth-order valence-electron chi connectivity index (χ4n) is 2.56. The monoisotopic (exact) mass is 232 g/mol. The lowest BCUT2D eigenvalue weighted by Crippen LogP contribution is -2.16. The molecule has 1 heterocycles. The Morgan fingerprint density at radius 3 is 2.88 bits per heavy atom. The summed E-state index contributed by atoms with van der Waals surface area (Å²) in [4.78, 5) is 11.4. The van der Waals surface area contributed by atoms with Crippen LogP contribution in [-0.2, 0) is 10.2 Å². The summed E-state index contributed by atoms with van der Waals surface area (Å²) < 4.78 is 19.1. The smallest absolute Gasteiger partial charge is 0.169 e. The molecule has 2 aromatic rings. The van der Waals surface area contributed by atoms with Crippen LogP contribution >= 0.6 is 0 Å². The molecule has 17 heavy (non-hydrogen) atoms. The lowest BCUT2D eigenvalue weighted by atomic mass is 9.86. The van der Waals surface area contributed by atoms with Crippen molar-refractivity contribution in [2.75, 3.05) is 0 Å². The second kappa shape index (κ2) is 3.42. The molecule has 0 aliphatic heterocycles. The van der Waals surface area contributed by atoms with Crippen molar-refractivity contribution in [1.82, 2.24) is 0 Å². The summed E-state index contributed by atoms with van der Waals surface area (Å²) in [6.07, 6.45) is 1.87. The molecule has 1 aliphatic rings. The molecule has 0 spiro atoms. The van der Waals surface area contributed by atoms with Gasteiger partial charge in [0.25, 0.3) is 0 Å². The van der Waals surface area contributed by atoms with Gasteiger partial charge in [-0.05, 0) is 18.6 Å². The van der Waals surface area contributed by atoms with Crippen molar-refractivity contribution >= 4 is 16.8 Å². The zero-order chi connectivity index (χ0) is 12.0. The molecule has 88 valence electrons. The van der Waals surface area contributed by atoms with Crippen molar-refractivity contribution in [1.29, 1.82) is 0 Å². The standard InChI is InChI=1S/C14H13FO2/c1-14(6-5-10(16)8-14)12-7-9-3-2-4-11(15)13(9)17-12/h2-4,7H,5-6,8H2,1H3. The number of fused-ring (bicyclic) bond motifs is 1. The van der Waals surface area contributed by atoms with Crippen molar-refractivity contribution in [3.05, 3.63) is 35.8 Å². The summed E-state index contributed by atoms with van der Waals surface area (Å²) in [6, 6.07) is 6.74. The van der Waals surface area contributed by atoms with Crippen LogP contribution in [0.2, 0.25) is 0 Å². The molecule has 1 aliphatic carbocycles. The minimum absolute atomic E-state index is 0.258. The fourth-order valence-corrected chi connectivity index (χ4v) is 2.56. The molecule has 1 unspecified atom stereocenters. The zero-order valence-corrected chi connectivity index (χ0v) is 9.63. The van der Waals surface area contributed by atoms with Crippen LogP contribution in [-0.4, -0.2) is 5.78 Å². The average Bonchev–Trinajstić information content (AvgIpc) is 2.85. The Hall–Kier alpha value is -1.64. The summed E-state index contributed by atoms with van der Waals surface area (Å²) in [7, 11) is 0. The van der Waals surface area contributed by atoms with Gasteiger partial charge in [0.15, 0.2) is 11.4 Å². The van der Waals surface area contributed by atoms with E-state index in [1.165, 1.54) is 6.07 Å². The summed E-state index contributed by atoms with van der Waals surface area (Å²) in [5.41, 5.74) is 0.0331. The number of halogens is 1. The summed E-state index contributed by atoms with van der Waals surface area (Å²) in [6.45, 7) is 2.01. The first-order valence-electron chi connectivity index (χ1n) is 5.79. The maximum absolute atomic E-state index is 13.5. The molecule has 0 bridgehead atoms. The molecule has 3 heteroatoms. The number of hydrogen-bond acceptors (Lipinski definition) is 2. The number of rotatable bonds is 1. The number of carbonyl (C=O) groups excluding carboxylic acids is 1. The van der Waals surface area contributed by atoms with E-state index in [1.54, 1.807) is 6.07 Å². The molecule has 1 atom stereocenters. The maximum Gasteiger partial charge on any atom is 0.169 e. The molecule has 2 nitrogen and oxygen atoms in total. The highest BCUT2D eigenvalue weighted by molar-refractivity contribution is 5.84. The van der Waals surface area contributed by atoms with E-state index in [0.29, 0.717) is 18.4 Å². The van der Waals surface area contributed by atoms with Crippen LogP contribution in [0.15, 0.2) is 28.7 Å². The Labute approximate surface area is 98.4 Å². The van der Waals surface area contributed by atoms with Crippen molar-refractivity contribution in [3.63, 3.8) is 0 Å². The Morgan fingerprint density at radius 1 is 1.41 bits per heavy atom. The number of furan rings is 1. The van der Waals surface area contributed by atoms with Gasteiger partial charge in [0, 0.05) is 23.6 Å². The molecule has 1 aromatic carbocycles. The summed E-state index contributed by atoms with van der Waals surface area (Å²) in [5.74, 6) is 0.638. The summed E-state index contributed by atoms with van der Waals surface area (Å²) >= 11 is 0. The van der Waals surface area contributed by atoms with Crippen LogP contribution in [0.3, 0.4) is 0 Å².